The van der Waals surface area contributed by atoms with Gasteiger partial charge < -0.3 is 19.3 Å². The summed E-state index contributed by atoms with van der Waals surface area (Å²) in [5.41, 5.74) is 4.87. The molecule has 0 aromatic heterocycles. The van der Waals surface area contributed by atoms with E-state index in [4.69, 9.17) is 9.47 Å². The Morgan fingerprint density at radius 3 is 1.84 bits per heavy atom. The van der Waals surface area contributed by atoms with Gasteiger partial charge in [0.15, 0.2) is 5.60 Å². The van der Waals surface area contributed by atoms with Crippen molar-refractivity contribution in [3.05, 3.63) is 82.4 Å². The van der Waals surface area contributed by atoms with E-state index in [1.807, 2.05) is 26.8 Å². The van der Waals surface area contributed by atoms with Gasteiger partial charge in [-0.15, -0.1) is 0 Å². The summed E-state index contributed by atoms with van der Waals surface area (Å²) >= 11 is 0. The van der Waals surface area contributed by atoms with Crippen LogP contribution in [0, 0.1) is 0 Å². The van der Waals surface area contributed by atoms with Crippen molar-refractivity contribution in [3.63, 3.8) is 0 Å². The van der Waals surface area contributed by atoms with Gasteiger partial charge in [-0.3, -0.25) is 0 Å². The molecule has 8 rings (SSSR count). The minimum atomic E-state index is -2.15. The van der Waals surface area contributed by atoms with Crippen molar-refractivity contribution in [3.8, 4) is 0 Å². The minimum Gasteiger partial charge on any atom is -0.456 e. The molecule has 0 unspecified atom stereocenters. The normalized spacial score (nSPS) is 21.0. The molecule has 0 saturated carbocycles. The van der Waals surface area contributed by atoms with E-state index in [-0.39, 0.29) is 5.97 Å². The second-order valence-corrected chi connectivity index (χ2v) is 18.4. The van der Waals surface area contributed by atoms with Crippen molar-refractivity contribution in [2.24, 2.45) is 0 Å². The van der Waals surface area contributed by atoms with Crippen LogP contribution in [0.4, 0.5) is 11.4 Å². The highest BCUT2D eigenvalue weighted by Crippen LogP contribution is 2.51. The average molecular weight is 593 g/mol. The summed E-state index contributed by atoms with van der Waals surface area (Å²) in [5, 5.41) is 2.89. The molecular weight excluding hydrogens is 552 g/mol. The van der Waals surface area contributed by atoms with Crippen LogP contribution in [0.5, 0.6) is 0 Å². The standard InChI is InChI=1S/C36H40N2O4Si/c1-35(2,3)41-33(39)24-9-12-28-27(21-24)34(40)42-36(28)29-13-10-25(37-15-7-16-37)22-31(29)43(19-5-4-6-20-43)32-23-26(11-14-30(32)36)38-17-8-18-38/h9-14,21-23H,4-8,15-20H2,1-3H3. The molecule has 3 fully saturated rings. The zero-order valence-corrected chi connectivity index (χ0v) is 26.5. The maximum Gasteiger partial charge on any atom is 0.340 e. The molecule has 0 aliphatic carbocycles. The fourth-order valence-corrected chi connectivity index (χ4v) is 13.9. The molecule has 7 heteroatoms. The van der Waals surface area contributed by atoms with Crippen molar-refractivity contribution in [2.45, 2.75) is 76.2 Å². The Bertz CT molecular complexity index is 1590. The molecule has 0 bridgehead atoms. The molecule has 222 valence electrons. The third-order valence-corrected chi connectivity index (χ3v) is 15.7. The summed E-state index contributed by atoms with van der Waals surface area (Å²) < 4.78 is 12.3. The Kier molecular flexibility index (Phi) is 5.94. The number of benzene rings is 3. The van der Waals surface area contributed by atoms with Crippen LogP contribution >= 0.6 is 0 Å². The summed E-state index contributed by atoms with van der Waals surface area (Å²) in [6, 6.07) is 21.9. The van der Waals surface area contributed by atoms with Gasteiger partial charge in [0.1, 0.15) is 13.7 Å². The highest BCUT2D eigenvalue weighted by atomic mass is 28.3. The summed E-state index contributed by atoms with van der Waals surface area (Å²) in [7, 11) is -2.15. The lowest BCUT2D eigenvalue weighted by Crippen LogP contribution is -2.67. The van der Waals surface area contributed by atoms with E-state index >= 15 is 0 Å². The smallest absolute Gasteiger partial charge is 0.340 e. The molecule has 3 aromatic carbocycles. The van der Waals surface area contributed by atoms with Gasteiger partial charge in [-0.1, -0.05) is 37.5 Å². The van der Waals surface area contributed by atoms with E-state index in [0.717, 1.165) is 42.9 Å². The van der Waals surface area contributed by atoms with Gasteiger partial charge in [0.2, 0.25) is 0 Å². The van der Waals surface area contributed by atoms with E-state index in [9.17, 15) is 9.59 Å². The molecule has 2 spiro atoms. The third kappa shape index (κ3) is 3.96. The first-order valence-electron chi connectivity index (χ1n) is 16.1. The number of carbonyl (C=O) groups excluding carboxylic acids is 2. The number of anilines is 2. The number of hydrogen-bond acceptors (Lipinski definition) is 6. The van der Waals surface area contributed by atoms with E-state index in [2.05, 4.69) is 46.2 Å². The van der Waals surface area contributed by atoms with Crippen molar-refractivity contribution in [1.82, 2.24) is 0 Å². The van der Waals surface area contributed by atoms with Crippen LogP contribution in [0.15, 0.2) is 54.6 Å². The number of hydrogen-bond donors (Lipinski definition) is 0. The summed E-state index contributed by atoms with van der Waals surface area (Å²) in [5.74, 6) is -0.808. The number of rotatable bonds is 3. The van der Waals surface area contributed by atoms with Gasteiger partial charge in [-0.25, -0.2) is 9.59 Å². The predicted octanol–water partition coefficient (Wildman–Crippen LogP) is 5.58. The maximum atomic E-state index is 13.9. The summed E-state index contributed by atoms with van der Waals surface area (Å²) in [6.45, 7) is 9.94. The quantitative estimate of drug-likeness (QED) is 0.292. The Hall–Kier alpha value is -3.58. The van der Waals surface area contributed by atoms with Gasteiger partial charge in [0.05, 0.1) is 11.1 Å². The van der Waals surface area contributed by atoms with E-state index in [1.54, 1.807) is 12.1 Å². The Balaban J connectivity index is 1.37. The van der Waals surface area contributed by atoms with E-state index < -0.39 is 25.2 Å². The lowest BCUT2D eigenvalue weighted by Gasteiger charge is -2.49. The van der Waals surface area contributed by atoms with Gasteiger partial charge >= 0.3 is 11.9 Å². The maximum absolute atomic E-state index is 13.9. The molecule has 5 heterocycles. The van der Waals surface area contributed by atoms with Crippen LogP contribution in [0.1, 0.15) is 90.3 Å². The average Bonchev–Trinajstić information content (AvgIpc) is 3.22. The van der Waals surface area contributed by atoms with E-state index in [1.165, 1.54) is 65.9 Å². The Morgan fingerprint density at radius 2 is 1.33 bits per heavy atom. The molecule has 3 saturated heterocycles. The highest BCUT2D eigenvalue weighted by molar-refractivity contribution is 7.03. The molecule has 6 nitrogen and oxygen atoms in total. The minimum absolute atomic E-state index is 0.373. The molecule has 0 radical (unpaired) electrons. The van der Waals surface area contributed by atoms with Crippen LogP contribution in [0.25, 0.3) is 0 Å². The molecule has 0 amide bonds. The van der Waals surface area contributed by atoms with Crippen molar-refractivity contribution in [2.75, 3.05) is 36.0 Å². The van der Waals surface area contributed by atoms with Gasteiger partial charge in [-0.05, 0) is 92.5 Å². The van der Waals surface area contributed by atoms with Crippen LogP contribution in [-0.4, -0.2) is 51.8 Å². The first-order chi connectivity index (χ1) is 20.7. The largest absolute Gasteiger partial charge is 0.456 e. The molecule has 5 aliphatic heterocycles. The Morgan fingerprint density at radius 1 is 0.767 bits per heavy atom. The molecule has 0 atom stereocenters. The van der Waals surface area contributed by atoms with E-state index in [0.29, 0.717) is 11.1 Å². The first kappa shape index (κ1) is 27.0. The molecule has 0 N–H and O–H groups in total. The number of carbonyl (C=O) groups is 2. The second kappa shape index (κ2) is 9.46. The molecule has 3 aromatic rings. The predicted molar refractivity (Wildman–Crippen MR) is 172 cm³/mol. The van der Waals surface area contributed by atoms with Crippen LogP contribution in [0.2, 0.25) is 12.1 Å². The van der Waals surface area contributed by atoms with Crippen molar-refractivity contribution >= 4 is 41.8 Å². The fraction of sp³-hybridized carbons (Fsp3) is 0.444. The van der Waals surface area contributed by atoms with Gasteiger partial charge in [-0.2, -0.15) is 0 Å². The number of esters is 2. The van der Waals surface area contributed by atoms with Crippen LogP contribution in [-0.2, 0) is 15.1 Å². The molecule has 5 aliphatic rings. The number of ether oxygens (including phenoxy) is 2. The van der Waals surface area contributed by atoms with Crippen LogP contribution < -0.4 is 20.2 Å². The lowest BCUT2D eigenvalue weighted by molar-refractivity contribution is 0.00692. The third-order valence-electron chi connectivity index (χ3n) is 10.4. The topological polar surface area (TPSA) is 59.1 Å². The zero-order chi connectivity index (χ0) is 29.6. The fourth-order valence-electron chi connectivity index (χ4n) is 8.13. The van der Waals surface area contributed by atoms with Gasteiger partial charge in [0, 0.05) is 54.2 Å². The first-order valence-corrected chi connectivity index (χ1v) is 18.5. The molecular formula is C36H40N2O4Si. The summed E-state index contributed by atoms with van der Waals surface area (Å²) in [6.07, 6.45) is 6.24. The second-order valence-electron chi connectivity index (χ2n) is 14.1. The number of fused-ring (bicyclic) bond motifs is 8. The monoisotopic (exact) mass is 592 g/mol. The summed E-state index contributed by atoms with van der Waals surface area (Å²) in [4.78, 5) is 31.8. The zero-order valence-electron chi connectivity index (χ0n) is 25.5. The van der Waals surface area contributed by atoms with Crippen molar-refractivity contribution < 1.29 is 19.1 Å². The van der Waals surface area contributed by atoms with Crippen molar-refractivity contribution in [1.29, 1.82) is 0 Å². The molecule has 43 heavy (non-hydrogen) atoms. The SMILES string of the molecule is CC(C)(C)OC(=O)c1ccc2c(c1)C(=O)OC21c2ccc(N3CCC3)cc2[Si]2(CCCCC2)c2cc(N3CCC3)ccc21. The van der Waals surface area contributed by atoms with Crippen LogP contribution in [0.3, 0.4) is 0 Å². The Labute approximate surface area is 255 Å². The lowest BCUT2D eigenvalue weighted by atomic mass is 9.78. The highest BCUT2D eigenvalue weighted by Gasteiger charge is 2.58. The number of nitrogens with zero attached hydrogens (tertiary/aromatic N) is 2. The van der Waals surface area contributed by atoms with Gasteiger partial charge in [0.25, 0.3) is 0 Å².